The molecule has 0 aromatic carbocycles. The van der Waals surface area contributed by atoms with Crippen LogP contribution in [-0.2, 0) is 4.74 Å². The van der Waals surface area contributed by atoms with Gasteiger partial charge in [-0.15, -0.1) is 0 Å². The normalized spacial score (nSPS) is 24.6. The molecule has 1 amide bonds. The Kier molecular flexibility index (Phi) is 8.84. The fourth-order valence-corrected chi connectivity index (χ4v) is 4.88. The molecule has 0 radical (unpaired) electrons. The van der Waals surface area contributed by atoms with Crippen LogP contribution in [0, 0.1) is 0 Å². The van der Waals surface area contributed by atoms with Gasteiger partial charge in [-0.05, 0) is 53.0 Å². The third-order valence-corrected chi connectivity index (χ3v) is 6.59. The Balaban J connectivity index is 1.27. The Morgan fingerprint density at radius 1 is 1.06 bits per heavy atom. The second kappa shape index (κ2) is 11.4. The van der Waals surface area contributed by atoms with Crippen molar-refractivity contribution in [2.24, 2.45) is 4.99 Å². The first-order chi connectivity index (χ1) is 14.8. The number of hydrogen-bond donors (Lipinski definition) is 2. The third-order valence-electron chi connectivity index (χ3n) is 6.59. The first-order valence-corrected chi connectivity index (χ1v) is 12.3. The number of ether oxygens (including phenoxy) is 1. The van der Waals surface area contributed by atoms with Crippen LogP contribution in [0.2, 0.25) is 0 Å². The van der Waals surface area contributed by atoms with Crippen LogP contribution >= 0.6 is 0 Å². The van der Waals surface area contributed by atoms with E-state index < -0.39 is 5.60 Å². The Labute approximate surface area is 188 Å². The van der Waals surface area contributed by atoms with Crippen molar-refractivity contribution in [3.63, 3.8) is 0 Å². The maximum atomic E-state index is 12.2. The summed E-state index contributed by atoms with van der Waals surface area (Å²) < 4.78 is 5.47. The summed E-state index contributed by atoms with van der Waals surface area (Å²) in [5.41, 5.74) is -0.431. The number of rotatable bonds is 6. The molecule has 2 aliphatic heterocycles. The van der Waals surface area contributed by atoms with Crippen LogP contribution in [0.5, 0.6) is 0 Å². The lowest BCUT2D eigenvalue weighted by Gasteiger charge is -2.35. The first kappa shape index (κ1) is 24.1. The zero-order valence-corrected chi connectivity index (χ0v) is 20.2. The van der Waals surface area contributed by atoms with Gasteiger partial charge in [0.05, 0.1) is 0 Å². The molecule has 2 heterocycles. The summed E-state index contributed by atoms with van der Waals surface area (Å²) >= 11 is 0. The number of amides is 1. The van der Waals surface area contributed by atoms with Crippen molar-refractivity contribution in [3.05, 3.63) is 0 Å². The molecular formula is C23H44N6O2. The number of nitrogens with one attached hydrogen (secondary N) is 2. The number of aliphatic imine (C=N–C) groups is 1. The van der Waals surface area contributed by atoms with Crippen molar-refractivity contribution in [3.8, 4) is 0 Å². The van der Waals surface area contributed by atoms with Gasteiger partial charge in [0.1, 0.15) is 5.60 Å². The zero-order chi connectivity index (χ0) is 22.3. The fourth-order valence-electron chi connectivity index (χ4n) is 4.88. The summed E-state index contributed by atoms with van der Waals surface area (Å²) in [6.07, 6.45) is 7.64. The number of carbonyl (C=O) groups excluding carboxylic acids is 1. The van der Waals surface area contributed by atoms with Crippen LogP contribution in [0.1, 0.15) is 59.3 Å². The predicted molar refractivity (Wildman–Crippen MR) is 126 cm³/mol. The van der Waals surface area contributed by atoms with Crippen molar-refractivity contribution in [2.75, 3.05) is 59.4 Å². The lowest BCUT2D eigenvalue weighted by Crippen LogP contribution is -2.50. The van der Waals surface area contributed by atoms with E-state index in [9.17, 15) is 4.79 Å². The predicted octanol–water partition coefficient (Wildman–Crippen LogP) is 2.11. The molecule has 0 spiro atoms. The van der Waals surface area contributed by atoms with Gasteiger partial charge in [0.25, 0.3) is 0 Å². The second-order valence-corrected chi connectivity index (χ2v) is 10.2. The van der Waals surface area contributed by atoms with Gasteiger partial charge >= 0.3 is 6.09 Å². The highest BCUT2D eigenvalue weighted by atomic mass is 16.6. The Morgan fingerprint density at radius 2 is 1.77 bits per heavy atom. The minimum Gasteiger partial charge on any atom is -0.444 e. The van der Waals surface area contributed by atoms with E-state index in [2.05, 4.69) is 25.4 Å². The average molecular weight is 437 g/mol. The number of nitrogens with zero attached hydrogens (tertiary/aromatic N) is 4. The molecule has 31 heavy (non-hydrogen) atoms. The maximum Gasteiger partial charge on any atom is 0.410 e. The van der Waals surface area contributed by atoms with Gasteiger partial charge in [0.15, 0.2) is 5.96 Å². The summed E-state index contributed by atoms with van der Waals surface area (Å²) in [5, 5.41) is 7.10. The van der Waals surface area contributed by atoms with Crippen molar-refractivity contribution >= 4 is 12.1 Å². The second-order valence-electron chi connectivity index (χ2n) is 10.2. The van der Waals surface area contributed by atoms with E-state index in [1.54, 1.807) is 0 Å². The van der Waals surface area contributed by atoms with E-state index in [0.29, 0.717) is 6.04 Å². The monoisotopic (exact) mass is 436 g/mol. The van der Waals surface area contributed by atoms with E-state index in [-0.39, 0.29) is 6.09 Å². The van der Waals surface area contributed by atoms with Gasteiger partial charge in [0, 0.05) is 64.9 Å². The van der Waals surface area contributed by atoms with E-state index in [1.807, 2.05) is 32.7 Å². The van der Waals surface area contributed by atoms with Gasteiger partial charge in [-0.2, -0.15) is 0 Å². The minimum atomic E-state index is -0.431. The quantitative estimate of drug-likeness (QED) is 0.378. The Morgan fingerprint density at radius 3 is 2.42 bits per heavy atom. The average Bonchev–Trinajstić information content (AvgIpc) is 3.41. The number of likely N-dealkylation sites (tertiary alicyclic amines) is 1. The summed E-state index contributed by atoms with van der Waals surface area (Å²) in [5.74, 6) is 0.924. The molecule has 1 saturated carbocycles. The molecule has 1 atom stereocenters. The fraction of sp³-hybridized carbons (Fsp3) is 0.913. The Hall–Kier alpha value is -1.54. The standard InChI is InChI=1S/C23H44N6O2/c1-23(2,3)31-22(30)28-16-14-27(15-17-28)12-7-11-25-21(24-4)26-19-10-13-29(18-19)20-8-5-6-9-20/h19-20H,5-18H2,1-4H3,(H2,24,25,26). The highest BCUT2D eigenvalue weighted by Crippen LogP contribution is 2.26. The molecule has 3 rings (SSSR count). The summed E-state index contributed by atoms with van der Waals surface area (Å²) in [7, 11) is 1.86. The summed E-state index contributed by atoms with van der Waals surface area (Å²) in [6, 6.07) is 1.32. The molecule has 8 heteroatoms. The first-order valence-electron chi connectivity index (χ1n) is 12.3. The van der Waals surface area contributed by atoms with Crippen molar-refractivity contribution in [2.45, 2.75) is 77.0 Å². The molecule has 0 aromatic rings. The smallest absolute Gasteiger partial charge is 0.410 e. The van der Waals surface area contributed by atoms with Crippen LogP contribution in [0.4, 0.5) is 4.79 Å². The number of hydrogen-bond acceptors (Lipinski definition) is 5. The minimum absolute atomic E-state index is 0.193. The summed E-state index contributed by atoms with van der Waals surface area (Å²) in [6.45, 7) is 13.3. The molecule has 2 N–H and O–H groups in total. The van der Waals surface area contributed by atoms with Gasteiger partial charge in [-0.3, -0.25) is 14.8 Å². The van der Waals surface area contributed by atoms with Gasteiger partial charge in [0.2, 0.25) is 0 Å². The van der Waals surface area contributed by atoms with E-state index >= 15 is 0 Å². The number of guanidine groups is 1. The van der Waals surface area contributed by atoms with Crippen LogP contribution in [0.25, 0.3) is 0 Å². The molecular weight excluding hydrogens is 392 g/mol. The van der Waals surface area contributed by atoms with Gasteiger partial charge in [-0.1, -0.05) is 12.8 Å². The lowest BCUT2D eigenvalue weighted by molar-refractivity contribution is 0.0145. The van der Waals surface area contributed by atoms with Gasteiger partial charge < -0.3 is 20.3 Å². The van der Waals surface area contributed by atoms with E-state index in [0.717, 1.165) is 64.2 Å². The lowest BCUT2D eigenvalue weighted by atomic mass is 10.2. The van der Waals surface area contributed by atoms with E-state index in [4.69, 9.17) is 4.74 Å². The molecule has 2 saturated heterocycles. The molecule has 0 bridgehead atoms. The van der Waals surface area contributed by atoms with E-state index in [1.165, 1.54) is 38.6 Å². The third kappa shape index (κ3) is 7.83. The van der Waals surface area contributed by atoms with Crippen molar-refractivity contribution in [1.29, 1.82) is 0 Å². The van der Waals surface area contributed by atoms with Crippen LogP contribution in [0.3, 0.4) is 0 Å². The van der Waals surface area contributed by atoms with Gasteiger partial charge in [-0.25, -0.2) is 4.79 Å². The molecule has 178 valence electrons. The highest BCUT2D eigenvalue weighted by Gasteiger charge is 2.30. The SMILES string of the molecule is CN=C(NCCCN1CCN(C(=O)OC(C)(C)C)CC1)NC1CCN(C2CCCC2)C1. The maximum absolute atomic E-state index is 12.2. The van der Waals surface area contributed by atoms with Crippen molar-refractivity contribution in [1.82, 2.24) is 25.3 Å². The molecule has 1 unspecified atom stereocenters. The Bertz CT molecular complexity index is 591. The highest BCUT2D eigenvalue weighted by molar-refractivity contribution is 5.80. The zero-order valence-electron chi connectivity index (χ0n) is 20.2. The van der Waals surface area contributed by atoms with Crippen LogP contribution in [0.15, 0.2) is 4.99 Å². The molecule has 8 nitrogen and oxygen atoms in total. The topological polar surface area (TPSA) is 72.4 Å². The van der Waals surface area contributed by atoms with Crippen LogP contribution < -0.4 is 10.6 Å². The molecule has 0 aromatic heterocycles. The number of carbonyl (C=O) groups is 1. The van der Waals surface area contributed by atoms with Crippen molar-refractivity contribution < 1.29 is 9.53 Å². The molecule has 1 aliphatic carbocycles. The molecule has 3 fully saturated rings. The molecule has 3 aliphatic rings. The largest absolute Gasteiger partial charge is 0.444 e. The summed E-state index contributed by atoms with van der Waals surface area (Å²) in [4.78, 5) is 23.5. The number of piperazine rings is 1. The van der Waals surface area contributed by atoms with Crippen LogP contribution in [-0.4, -0.2) is 104 Å².